The summed E-state index contributed by atoms with van der Waals surface area (Å²) in [4.78, 5) is 0. The van der Waals surface area contributed by atoms with Gasteiger partial charge in [-0.05, 0) is 44.0 Å². The summed E-state index contributed by atoms with van der Waals surface area (Å²) >= 11 is 6.84. The maximum atomic E-state index is 12.2. The second kappa shape index (κ2) is 5.85. The van der Waals surface area contributed by atoms with Crippen LogP contribution in [0.2, 0.25) is 4.34 Å². The summed E-state index contributed by atoms with van der Waals surface area (Å²) in [7, 11) is -3.53. The van der Waals surface area contributed by atoms with Gasteiger partial charge < -0.3 is 0 Å². The molecule has 20 heavy (non-hydrogen) atoms. The lowest BCUT2D eigenvalue weighted by atomic mass is 10.0. The van der Waals surface area contributed by atoms with Crippen molar-refractivity contribution in [2.24, 2.45) is 0 Å². The fraction of sp³-hybridized carbons (Fsp3) is 0.286. The van der Waals surface area contributed by atoms with Gasteiger partial charge in [0, 0.05) is 6.04 Å². The lowest BCUT2D eigenvalue weighted by Gasteiger charge is -2.16. The number of sulfonamides is 1. The Kier molecular flexibility index (Phi) is 4.54. The summed E-state index contributed by atoms with van der Waals surface area (Å²) in [5.41, 5.74) is 3.21. The minimum absolute atomic E-state index is 0.235. The van der Waals surface area contributed by atoms with Crippen molar-refractivity contribution in [3.63, 3.8) is 0 Å². The van der Waals surface area contributed by atoms with Crippen LogP contribution in [0.25, 0.3) is 0 Å². The van der Waals surface area contributed by atoms with Crippen LogP contribution in [-0.4, -0.2) is 8.42 Å². The first kappa shape index (κ1) is 15.5. The predicted molar refractivity (Wildman–Crippen MR) is 84.0 cm³/mol. The van der Waals surface area contributed by atoms with Gasteiger partial charge in [0.05, 0.1) is 4.34 Å². The van der Waals surface area contributed by atoms with E-state index in [0.717, 1.165) is 28.0 Å². The molecule has 1 aromatic carbocycles. The van der Waals surface area contributed by atoms with Crippen molar-refractivity contribution in [3.8, 4) is 0 Å². The van der Waals surface area contributed by atoms with Gasteiger partial charge in [-0.2, -0.15) is 0 Å². The summed E-state index contributed by atoms with van der Waals surface area (Å²) in [5, 5.41) is 0. The molecule has 1 unspecified atom stereocenters. The highest BCUT2D eigenvalue weighted by Gasteiger charge is 2.21. The van der Waals surface area contributed by atoms with Gasteiger partial charge in [-0.1, -0.05) is 35.4 Å². The SMILES string of the molecule is Cc1ccc(C(C)NS(=O)(=O)c2ccc(Cl)s2)c(C)c1. The van der Waals surface area contributed by atoms with Crippen LogP contribution in [0.15, 0.2) is 34.5 Å². The predicted octanol–water partition coefficient (Wildman–Crippen LogP) is 4.06. The van der Waals surface area contributed by atoms with Gasteiger partial charge in [0.2, 0.25) is 0 Å². The van der Waals surface area contributed by atoms with Crippen LogP contribution in [0.5, 0.6) is 0 Å². The molecular weight excluding hydrogens is 314 g/mol. The highest BCUT2D eigenvalue weighted by molar-refractivity contribution is 7.91. The van der Waals surface area contributed by atoms with E-state index in [9.17, 15) is 8.42 Å². The molecule has 6 heteroatoms. The van der Waals surface area contributed by atoms with Crippen molar-refractivity contribution in [1.29, 1.82) is 0 Å². The first-order valence-electron chi connectivity index (χ1n) is 6.14. The van der Waals surface area contributed by atoms with Gasteiger partial charge in [-0.15, -0.1) is 11.3 Å². The Hall–Kier alpha value is -0.880. The summed E-state index contributed by atoms with van der Waals surface area (Å²) in [6.07, 6.45) is 0. The van der Waals surface area contributed by atoms with Gasteiger partial charge in [0.15, 0.2) is 0 Å². The third-order valence-corrected chi connectivity index (χ3v) is 6.30. The molecule has 1 atom stereocenters. The number of aryl methyl sites for hydroxylation is 2. The molecule has 1 heterocycles. The van der Waals surface area contributed by atoms with Crippen molar-refractivity contribution in [1.82, 2.24) is 4.72 Å². The summed E-state index contributed by atoms with van der Waals surface area (Å²) < 4.78 is 27.9. The molecule has 1 aromatic heterocycles. The molecule has 2 aromatic rings. The quantitative estimate of drug-likeness (QED) is 0.919. The first-order valence-corrected chi connectivity index (χ1v) is 8.82. The minimum Gasteiger partial charge on any atom is -0.206 e. The van der Waals surface area contributed by atoms with Crippen molar-refractivity contribution >= 4 is 33.0 Å². The molecule has 3 nitrogen and oxygen atoms in total. The number of hydrogen-bond acceptors (Lipinski definition) is 3. The van der Waals surface area contributed by atoms with Gasteiger partial charge >= 0.3 is 0 Å². The standard InChI is InChI=1S/C14H16ClNO2S2/c1-9-4-5-12(10(2)8-9)11(3)16-20(17,18)14-7-6-13(15)19-14/h4-8,11,16H,1-3H3. The van der Waals surface area contributed by atoms with E-state index in [2.05, 4.69) is 4.72 Å². The molecule has 0 fully saturated rings. The minimum atomic E-state index is -3.53. The van der Waals surface area contributed by atoms with Crippen LogP contribution in [0, 0.1) is 13.8 Å². The van der Waals surface area contributed by atoms with Crippen molar-refractivity contribution in [2.45, 2.75) is 31.0 Å². The highest BCUT2D eigenvalue weighted by atomic mass is 35.5. The highest BCUT2D eigenvalue weighted by Crippen LogP contribution is 2.27. The van der Waals surface area contributed by atoms with E-state index in [4.69, 9.17) is 11.6 Å². The molecule has 0 bridgehead atoms. The number of halogens is 1. The second-order valence-electron chi connectivity index (χ2n) is 4.76. The zero-order chi connectivity index (χ0) is 14.9. The Morgan fingerprint density at radius 1 is 1.20 bits per heavy atom. The molecule has 2 rings (SSSR count). The van der Waals surface area contributed by atoms with Crippen molar-refractivity contribution in [3.05, 3.63) is 51.4 Å². The third-order valence-electron chi connectivity index (χ3n) is 3.04. The van der Waals surface area contributed by atoms with Crippen LogP contribution >= 0.6 is 22.9 Å². The van der Waals surface area contributed by atoms with E-state index < -0.39 is 10.0 Å². The number of nitrogens with one attached hydrogen (secondary N) is 1. The molecule has 0 spiro atoms. The largest absolute Gasteiger partial charge is 0.250 e. The Morgan fingerprint density at radius 3 is 2.45 bits per heavy atom. The van der Waals surface area contributed by atoms with E-state index in [1.54, 1.807) is 6.07 Å². The zero-order valence-electron chi connectivity index (χ0n) is 11.5. The molecule has 0 saturated heterocycles. The third kappa shape index (κ3) is 3.41. The summed E-state index contributed by atoms with van der Waals surface area (Å²) in [5.74, 6) is 0. The average molecular weight is 330 g/mol. The van der Waals surface area contributed by atoms with E-state index in [0.29, 0.717) is 4.34 Å². The Morgan fingerprint density at radius 2 is 1.90 bits per heavy atom. The molecular formula is C14H16ClNO2S2. The normalized spacial score (nSPS) is 13.4. The van der Waals surface area contributed by atoms with Crippen molar-refractivity contribution < 1.29 is 8.42 Å². The monoisotopic (exact) mass is 329 g/mol. The molecule has 0 radical (unpaired) electrons. The fourth-order valence-corrected chi connectivity index (χ4v) is 4.83. The summed E-state index contributed by atoms with van der Waals surface area (Å²) in [6.45, 7) is 5.83. The Balaban J connectivity index is 2.25. The first-order chi connectivity index (χ1) is 9.29. The maximum Gasteiger partial charge on any atom is 0.250 e. The molecule has 0 aliphatic rings. The van der Waals surface area contributed by atoms with Crippen LogP contribution in [0.3, 0.4) is 0 Å². The molecule has 108 valence electrons. The van der Waals surface area contributed by atoms with Crippen LogP contribution in [0.4, 0.5) is 0 Å². The molecule has 0 aliphatic carbocycles. The number of thiophene rings is 1. The Bertz CT molecular complexity index is 723. The van der Waals surface area contributed by atoms with Gasteiger partial charge in [0.1, 0.15) is 4.21 Å². The van der Waals surface area contributed by atoms with Crippen LogP contribution in [-0.2, 0) is 10.0 Å². The lowest BCUT2D eigenvalue weighted by Crippen LogP contribution is -2.26. The van der Waals surface area contributed by atoms with E-state index in [1.165, 1.54) is 6.07 Å². The number of benzene rings is 1. The zero-order valence-corrected chi connectivity index (χ0v) is 13.9. The van der Waals surface area contributed by atoms with Crippen LogP contribution < -0.4 is 4.72 Å². The van der Waals surface area contributed by atoms with Gasteiger partial charge in [0.25, 0.3) is 10.0 Å². The van der Waals surface area contributed by atoms with E-state index in [-0.39, 0.29) is 10.3 Å². The van der Waals surface area contributed by atoms with Crippen LogP contribution in [0.1, 0.15) is 29.7 Å². The summed E-state index contributed by atoms with van der Waals surface area (Å²) in [6, 6.07) is 8.80. The van der Waals surface area contributed by atoms with Gasteiger partial charge in [-0.3, -0.25) is 0 Å². The van der Waals surface area contributed by atoms with Gasteiger partial charge in [-0.25, -0.2) is 13.1 Å². The second-order valence-corrected chi connectivity index (χ2v) is 8.42. The average Bonchev–Trinajstić information content (AvgIpc) is 2.75. The number of rotatable bonds is 4. The number of hydrogen-bond donors (Lipinski definition) is 1. The Labute approximate surface area is 128 Å². The topological polar surface area (TPSA) is 46.2 Å². The molecule has 1 N–H and O–H groups in total. The fourth-order valence-electron chi connectivity index (χ4n) is 2.11. The van der Waals surface area contributed by atoms with E-state index in [1.807, 2.05) is 39.0 Å². The smallest absolute Gasteiger partial charge is 0.206 e. The molecule has 0 saturated carbocycles. The van der Waals surface area contributed by atoms with E-state index >= 15 is 0 Å². The maximum absolute atomic E-state index is 12.2. The lowest BCUT2D eigenvalue weighted by molar-refractivity contribution is 0.568. The van der Waals surface area contributed by atoms with Crippen molar-refractivity contribution in [2.75, 3.05) is 0 Å². The molecule has 0 aliphatic heterocycles. The molecule has 0 amide bonds.